The summed E-state index contributed by atoms with van der Waals surface area (Å²) in [6.45, 7) is 2.49. The molecule has 1 N–H and O–H groups in total. The van der Waals surface area contributed by atoms with Crippen LogP contribution >= 0.6 is 0 Å². The van der Waals surface area contributed by atoms with Crippen molar-refractivity contribution >= 4 is 11.9 Å². The van der Waals surface area contributed by atoms with Crippen LogP contribution in [0.25, 0.3) is 0 Å². The van der Waals surface area contributed by atoms with E-state index in [4.69, 9.17) is 4.74 Å². The van der Waals surface area contributed by atoms with Crippen LogP contribution in [0.15, 0.2) is 0 Å². The Balaban J connectivity index is 2.10. The van der Waals surface area contributed by atoms with Crippen molar-refractivity contribution in [3.05, 3.63) is 0 Å². The van der Waals surface area contributed by atoms with Crippen molar-refractivity contribution in [2.75, 3.05) is 13.7 Å². The standard InChI is InChI=1S/C13H21NO4/c1-8-4-3-5-10(8)12(15)14-7-9(18-2)6-11(14)13(16)17/h8-11H,3-7H2,1-2H3,(H,16,17). The van der Waals surface area contributed by atoms with Gasteiger partial charge in [-0.1, -0.05) is 13.3 Å². The predicted octanol–water partition coefficient (Wildman–Crippen LogP) is 1.12. The van der Waals surface area contributed by atoms with Crippen LogP contribution in [-0.4, -0.2) is 47.7 Å². The summed E-state index contributed by atoms with van der Waals surface area (Å²) >= 11 is 0. The minimum Gasteiger partial charge on any atom is -0.480 e. The van der Waals surface area contributed by atoms with E-state index < -0.39 is 12.0 Å². The van der Waals surface area contributed by atoms with Crippen LogP contribution in [0, 0.1) is 11.8 Å². The molecule has 1 amide bonds. The number of amides is 1. The molecule has 18 heavy (non-hydrogen) atoms. The molecule has 1 saturated heterocycles. The van der Waals surface area contributed by atoms with E-state index in [1.807, 2.05) is 0 Å². The number of likely N-dealkylation sites (tertiary alicyclic amines) is 1. The van der Waals surface area contributed by atoms with Crippen LogP contribution in [0.1, 0.15) is 32.6 Å². The second-order valence-electron chi connectivity index (χ2n) is 5.45. The fourth-order valence-electron chi connectivity index (χ4n) is 3.17. The van der Waals surface area contributed by atoms with Gasteiger partial charge in [-0.2, -0.15) is 0 Å². The summed E-state index contributed by atoms with van der Waals surface area (Å²) in [5.74, 6) is -0.545. The molecule has 1 heterocycles. The van der Waals surface area contributed by atoms with E-state index in [1.54, 1.807) is 7.11 Å². The Labute approximate surface area is 107 Å². The third-order valence-corrected chi connectivity index (χ3v) is 4.34. The Morgan fingerprint density at radius 2 is 2.06 bits per heavy atom. The lowest BCUT2D eigenvalue weighted by atomic mass is 9.96. The molecule has 0 aromatic carbocycles. The zero-order valence-electron chi connectivity index (χ0n) is 11.0. The molecule has 5 heteroatoms. The highest BCUT2D eigenvalue weighted by Gasteiger charge is 2.43. The maximum absolute atomic E-state index is 12.4. The highest BCUT2D eigenvalue weighted by Crippen LogP contribution is 2.34. The number of nitrogens with zero attached hydrogens (tertiary/aromatic N) is 1. The smallest absolute Gasteiger partial charge is 0.326 e. The van der Waals surface area contributed by atoms with Crippen molar-refractivity contribution in [3.8, 4) is 0 Å². The van der Waals surface area contributed by atoms with Crippen molar-refractivity contribution in [2.45, 2.75) is 44.8 Å². The lowest BCUT2D eigenvalue weighted by Crippen LogP contribution is -2.44. The number of ether oxygens (including phenoxy) is 1. The molecular formula is C13H21NO4. The van der Waals surface area contributed by atoms with E-state index in [9.17, 15) is 14.7 Å². The number of aliphatic carboxylic acids is 1. The second-order valence-corrected chi connectivity index (χ2v) is 5.45. The zero-order chi connectivity index (χ0) is 13.3. The summed E-state index contributed by atoms with van der Waals surface area (Å²) in [7, 11) is 1.57. The highest BCUT2D eigenvalue weighted by atomic mass is 16.5. The minimum absolute atomic E-state index is 0.00227. The molecule has 1 aliphatic heterocycles. The Kier molecular flexibility index (Phi) is 3.90. The molecule has 0 aromatic heterocycles. The summed E-state index contributed by atoms with van der Waals surface area (Å²) in [6.07, 6.45) is 3.28. The average Bonchev–Trinajstić information content (AvgIpc) is 2.93. The number of carbonyl (C=O) groups is 2. The van der Waals surface area contributed by atoms with Crippen LogP contribution in [-0.2, 0) is 14.3 Å². The largest absolute Gasteiger partial charge is 0.480 e. The summed E-state index contributed by atoms with van der Waals surface area (Å²) in [6, 6.07) is -0.713. The maximum atomic E-state index is 12.4. The third kappa shape index (κ3) is 2.36. The van der Waals surface area contributed by atoms with Crippen molar-refractivity contribution in [3.63, 3.8) is 0 Å². The topological polar surface area (TPSA) is 66.8 Å². The molecule has 4 atom stereocenters. The Morgan fingerprint density at radius 3 is 2.56 bits per heavy atom. The van der Waals surface area contributed by atoms with E-state index >= 15 is 0 Å². The van der Waals surface area contributed by atoms with E-state index in [2.05, 4.69) is 6.92 Å². The first-order valence-corrected chi connectivity index (χ1v) is 6.60. The molecule has 1 saturated carbocycles. The van der Waals surface area contributed by atoms with Gasteiger partial charge in [-0.3, -0.25) is 4.79 Å². The van der Waals surface area contributed by atoms with Gasteiger partial charge in [0.15, 0.2) is 0 Å². The molecule has 2 fully saturated rings. The predicted molar refractivity (Wildman–Crippen MR) is 65.1 cm³/mol. The first-order valence-electron chi connectivity index (χ1n) is 6.60. The van der Waals surface area contributed by atoms with Crippen molar-refractivity contribution < 1.29 is 19.4 Å². The fraction of sp³-hybridized carbons (Fsp3) is 0.846. The molecule has 102 valence electrons. The average molecular weight is 255 g/mol. The van der Waals surface area contributed by atoms with Crippen LogP contribution < -0.4 is 0 Å². The number of carboxylic acid groups (broad SMARTS) is 1. The number of carboxylic acids is 1. The zero-order valence-corrected chi connectivity index (χ0v) is 11.0. The van der Waals surface area contributed by atoms with Crippen molar-refractivity contribution in [2.24, 2.45) is 11.8 Å². The fourth-order valence-corrected chi connectivity index (χ4v) is 3.17. The first-order chi connectivity index (χ1) is 8.54. The molecule has 0 spiro atoms. The number of hydrogen-bond donors (Lipinski definition) is 1. The summed E-state index contributed by atoms with van der Waals surface area (Å²) in [5.41, 5.74) is 0. The third-order valence-electron chi connectivity index (χ3n) is 4.34. The molecule has 0 bridgehead atoms. The lowest BCUT2D eigenvalue weighted by molar-refractivity contribution is -0.150. The molecule has 1 aliphatic carbocycles. The molecule has 5 nitrogen and oxygen atoms in total. The van der Waals surface area contributed by atoms with Gasteiger partial charge in [-0.15, -0.1) is 0 Å². The van der Waals surface area contributed by atoms with E-state index in [-0.39, 0.29) is 17.9 Å². The van der Waals surface area contributed by atoms with Gasteiger partial charge >= 0.3 is 5.97 Å². The molecule has 0 aromatic rings. The number of carbonyl (C=O) groups excluding carboxylic acids is 1. The van der Waals surface area contributed by atoms with Gasteiger partial charge in [0.25, 0.3) is 0 Å². The van der Waals surface area contributed by atoms with Crippen molar-refractivity contribution in [1.29, 1.82) is 0 Å². The summed E-state index contributed by atoms with van der Waals surface area (Å²) < 4.78 is 5.20. The molecular weight excluding hydrogens is 234 g/mol. The van der Waals surface area contributed by atoms with Gasteiger partial charge in [0.2, 0.25) is 5.91 Å². The molecule has 2 aliphatic rings. The van der Waals surface area contributed by atoms with Crippen LogP contribution in [0.4, 0.5) is 0 Å². The monoisotopic (exact) mass is 255 g/mol. The van der Waals surface area contributed by atoms with Gasteiger partial charge in [0, 0.05) is 26.0 Å². The van der Waals surface area contributed by atoms with E-state index in [0.29, 0.717) is 18.9 Å². The molecule has 2 rings (SSSR count). The van der Waals surface area contributed by atoms with Gasteiger partial charge in [0.05, 0.1) is 6.10 Å². The lowest BCUT2D eigenvalue weighted by Gasteiger charge is -2.26. The molecule has 0 radical (unpaired) electrons. The number of methoxy groups -OCH3 is 1. The summed E-state index contributed by atoms with van der Waals surface area (Å²) in [5, 5.41) is 9.21. The first kappa shape index (κ1) is 13.3. The van der Waals surface area contributed by atoms with Gasteiger partial charge < -0.3 is 14.7 Å². The maximum Gasteiger partial charge on any atom is 0.326 e. The van der Waals surface area contributed by atoms with E-state index in [1.165, 1.54) is 4.90 Å². The quantitative estimate of drug-likeness (QED) is 0.820. The van der Waals surface area contributed by atoms with Crippen molar-refractivity contribution in [1.82, 2.24) is 4.90 Å². The second kappa shape index (κ2) is 5.26. The van der Waals surface area contributed by atoms with Gasteiger partial charge in [-0.05, 0) is 18.8 Å². The summed E-state index contributed by atoms with van der Waals surface area (Å²) in [4.78, 5) is 25.2. The van der Waals surface area contributed by atoms with Crippen LogP contribution in [0.3, 0.4) is 0 Å². The number of hydrogen-bond acceptors (Lipinski definition) is 3. The highest BCUT2D eigenvalue weighted by molar-refractivity contribution is 5.86. The van der Waals surface area contributed by atoms with Gasteiger partial charge in [0.1, 0.15) is 6.04 Å². The molecule has 4 unspecified atom stereocenters. The van der Waals surface area contributed by atoms with Gasteiger partial charge in [-0.25, -0.2) is 4.79 Å². The van der Waals surface area contributed by atoms with Crippen LogP contribution in [0.2, 0.25) is 0 Å². The Bertz CT molecular complexity index is 344. The Hall–Kier alpha value is -1.10. The van der Waals surface area contributed by atoms with Crippen LogP contribution in [0.5, 0.6) is 0 Å². The normalized spacial score (nSPS) is 36.0. The Morgan fingerprint density at radius 1 is 1.33 bits per heavy atom. The number of rotatable bonds is 3. The SMILES string of the molecule is COC1CC(C(=O)O)N(C(=O)C2CCCC2C)C1. The minimum atomic E-state index is -0.923. The van der Waals surface area contributed by atoms with E-state index in [0.717, 1.165) is 19.3 Å².